The standard InChI is InChI=1S/C33H38F2N6O2S/c1-3-4-14-43-33(42)23-7-5-6-22(15-23)19-39-13-12-26(21-39)37-32-18-36-30-10-11-31(38-41(30)32)40-20-25(35)17-28(40)27-16-24(34)8-9-29(27)44-2/h5-11,15-16,18,25-26,28,37H,3-4,12-14,17,19-21H2,1-2H3. The van der Waals surface area contributed by atoms with E-state index in [4.69, 9.17) is 9.84 Å². The Kier molecular flexibility index (Phi) is 9.32. The number of carbonyl (C=O) groups is 1. The van der Waals surface area contributed by atoms with Crippen molar-refractivity contribution in [3.63, 3.8) is 0 Å². The molecule has 1 N–H and O–H groups in total. The van der Waals surface area contributed by atoms with Crippen LogP contribution < -0.4 is 10.2 Å². The van der Waals surface area contributed by atoms with Gasteiger partial charge in [0, 0.05) is 37.0 Å². The van der Waals surface area contributed by atoms with E-state index in [0.29, 0.717) is 23.6 Å². The molecule has 8 nitrogen and oxygen atoms in total. The zero-order valence-electron chi connectivity index (χ0n) is 25.1. The number of carbonyl (C=O) groups excluding carboxylic acids is 1. The van der Waals surface area contributed by atoms with Crippen LogP contribution in [0.5, 0.6) is 0 Å². The highest BCUT2D eigenvalue weighted by atomic mass is 32.2. The third kappa shape index (κ3) is 6.68. The summed E-state index contributed by atoms with van der Waals surface area (Å²) in [5.74, 6) is 0.797. The summed E-state index contributed by atoms with van der Waals surface area (Å²) in [6.07, 6.45) is 5.77. The molecule has 2 aliphatic heterocycles. The Bertz CT molecular complexity index is 1620. The van der Waals surface area contributed by atoms with E-state index in [1.165, 1.54) is 23.9 Å². The predicted molar refractivity (Wildman–Crippen MR) is 170 cm³/mol. The number of hydrogen-bond donors (Lipinski definition) is 1. The lowest BCUT2D eigenvalue weighted by molar-refractivity contribution is 0.0499. The highest BCUT2D eigenvalue weighted by molar-refractivity contribution is 7.98. The molecule has 44 heavy (non-hydrogen) atoms. The van der Waals surface area contributed by atoms with Crippen LogP contribution in [0.4, 0.5) is 20.4 Å². The second-order valence-electron chi connectivity index (χ2n) is 11.5. The van der Waals surface area contributed by atoms with Gasteiger partial charge in [0.25, 0.3) is 0 Å². The molecule has 2 fully saturated rings. The predicted octanol–water partition coefficient (Wildman–Crippen LogP) is 6.52. The molecule has 0 saturated carbocycles. The molecule has 0 bridgehead atoms. The van der Waals surface area contributed by atoms with E-state index in [2.05, 4.69) is 22.1 Å². The molecule has 232 valence electrons. The first-order chi connectivity index (χ1) is 21.4. The fourth-order valence-electron chi connectivity index (χ4n) is 6.16. The van der Waals surface area contributed by atoms with E-state index in [0.717, 1.165) is 60.7 Å². The molecule has 11 heteroatoms. The average molecular weight is 621 g/mol. The zero-order chi connectivity index (χ0) is 30.6. The molecule has 3 unspecified atom stereocenters. The fraction of sp³-hybridized carbons (Fsp3) is 0.424. The van der Waals surface area contributed by atoms with Crippen molar-refractivity contribution in [1.29, 1.82) is 0 Å². The van der Waals surface area contributed by atoms with Crippen LogP contribution in [0.1, 0.15) is 60.1 Å². The molecule has 4 aromatic rings. The van der Waals surface area contributed by atoms with Crippen molar-refractivity contribution >= 4 is 35.0 Å². The molecular weight excluding hydrogens is 582 g/mol. The number of rotatable bonds is 11. The molecule has 6 rings (SSSR count). The summed E-state index contributed by atoms with van der Waals surface area (Å²) < 4.78 is 36.2. The highest BCUT2D eigenvalue weighted by Gasteiger charge is 2.36. The van der Waals surface area contributed by atoms with Crippen molar-refractivity contribution in [2.75, 3.05) is 42.7 Å². The summed E-state index contributed by atoms with van der Waals surface area (Å²) in [6.45, 7) is 5.19. The van der Waals surface area contributed by atoms with E-state index in [9.17, 15) is 13.6 Å². The van der Waals surface area contributed by atoms with Gasteiger partial charge in [0.2, 0.25) is 0 Å². The lowest BCUT2D eigenvalue weighted by Gasteiger charge is -2.27. The third-order valence-corrected chi connectivity index (χ3v) is 9.18. The van der Waals surface area contributed by atoms with Crippen molar-refractivity contribution in [2.24, 2.45) is 0 Å². The zero-order valence-corrected chi connectivity index (χ0v) is 25.9. The van der Waals surface area contributed by atoms with Crippen LogP contribution in [0, 0.1) is 5.82 Å². The SMILES string of the molecule is CCCCOC(=O)c1cccc(CN2CCC(Nc3cnc4ccc(N5CC(F)CC5c5cc(F)ccc5SC)nn34)C2)c1. The van der Waals surface area contributed by atoms with Gasteiger partial charge in [-0.1, -0.05) is 25.5 Å². The van der Waals surface area contributed by atoms with Crippen molar-refractivity contribution < 1.29 is 18.3 Å². The Morgan fingerprint density at radius 3 is 2.89 bits per heavy atom. The quantitative estimate of drug-likeness (QED) is 0.115. The molecule has 0 spiro atoms. The largest absolute Gasteiger partial charge is 0.462 e. The smallest absolute Gasteiger partial charge is 0.338 e. The number of anilines is 2. The summed E-state index contributed by atoms with van der Waals surface area (Å²) >= 11 is 1.53. The minimum Gasteiger partial charge on any atom is -0.462 e. The number of nitrogens with one attached hydrogen (secondary N) is 1. The molecule has 0 radical (unpaired) electrons. The van der Waals surface area contributed by atoms with Crippen LogP contribution in [0.15, 0.2) is 65.7 Å². The molecule has 2 aliphatic rings. The summed E-state index contributed by atoms with van der Waals surface area (Å²) in [5, 5.41) is 8.49. The maximum Gasteiger partial charge on any atom is 0.338 e. The summed E-state index contributed by atoms with van der Waals surface area (Å²) in [7, 11) is 0. The normalized spacial score (nSPS) is 20.5. The summed E-state index contributed by atoms with van der Waals surface area (Å²) in [5.41, 5.74) is 3.14. The minimum absolute atomic E-state index is 0.189. The molecule has 4 heterocycles. The minimum atomic E-state index is -1.03. The van der Waals surface area contributed by atoms with Gasteiger partial charge in [-0.2, -0.15) is 4.52 Å². The summed E-state index contributed by atoms with van der Waals surface area (Å²) in [6, 6.07) is 16.0. The van der Waals surface area contributed by atoms with Gasteiger partial charge in [-0.05, 0) is 72.7 Å². The number of ether oxygens (including phenoxy) is 1. The maximum absolute atomic E-state index is 14.8. The molecule has 0 aliphatic carbocycles. The van der Waals surface area contributed by atoms with E-state index >= 15 is 0 Å². The number of imidazole rings is 1. The number of fused-ring (bicyclic) bond motifs is 1. The van der Waals surface area contributed by atoms with Crippen molar-refractivity contribution in [1.82, 2.24) is 19.5 Å². The monoisotopic (exact) mass is 620 g/mol. The van der Waals surface area contributed by atoms with Crippen LogP contribution in [0.3, 0.4) is 0 Å². The van der Waals surface area contributed by atoms with Gasteiger partial charge in [0.15, 0.2) is 5.65 Å². The van der Waals surface area contributed by atoms with Crippen LogP contribution >= 0.6 is 11.8 Å². The third-order valence-electron chi connectivity index (χ3n) is 8.37. The lowest BCUT2D eigenvalue weighted by atomic mass is 10.0. The van der Waals surface area contributed by atoms with E-state index in [-0.39, 0.29) is 36.8 Å². The Labute approximate surface area is 260 Å². The number of halogens is 2. The second kappa shape index (κ2) is 13.5. The van der Waals surface area contributed by atoms with E-state index < -0.39 is 6.17 Å². The number of nitrogens with zero attached hydrogens (tertiary/aromatic N) is 5. The van der Waals surface area contributed by atoms with Gasteiger partial charge in [0.05, 0.1) is 31.0 Å². The lowest BCUT2D eigenvalue weighted by Crippen LogP contribution is -2.27. The Hall–Kier alpha value is -3.70. The Morgan fingerprint density at radius 1 is 1.16 bits per heavy atom. The first-order valence-corrected chi connectivity index (χ1v) is 16.5. The molecular formula is C33H38F2N6O2S. The van der Waals surface area contributed by atoms with Crippen molar-refractivity contribution in [2.45, 2.75) is 62.3 Å². The topological polar surface area (TPSA) is 75.0 Å². The molecule has 0 amide bonds. The number of esters is 1. The molecule has 2 aromatic heterocycles. The first kappa shape index (κ1) is 30.3. The van der Waals surface area contributed by atoms with Gasteiger partial charge >= 0.3 is 5.97 Å². The molecule has 2 aromatic carbocycles. The average Bonchev–Trinajstić information content (AvgIpc) is 3.76. The van der Waals surface area contributed by atoms with Gasteiger partial charge < -0.3 is 15.0 Å². The summed E-state index contributed by atoms with van der Waals surface area (Å²) in [4.78, 5) is 22.2. The maximum atomic E-state index is 14.8. The number of unbranched alkanes of at least 4 members (excludes halogenated alkanes) is 1. The number of benzene rings is 2. The van der Waals surface area contributed by atoms with Gasteiger partial charge in [-0.15, -0.1) is 16.9 Å². The van der Waals surface area contributed by atoms with E-state index in [1.54, 1.807) is 22.8 Å². The highest BCUT2D eigenvalue weighted by Crippen LogP contribution is 2.40. The van der Waals surface area contributed by atoms with Crippen LogP contribution in [0.2, 0.25) is 0 Å². The van der Waals surface area contributed by atoms with E-state index in [1.807, 2.05) is 41.5 Å². The Morgan fingerprint density at radius 2 is 2.05 bits per heavy atom. The van der Waals surface area contributed by atoms with Crippen LogP contribution in [-0.4, -0.2) is 70.2 Å². The molecule has 2 saturated heterocycles. The number of alkyl halides is 1. The first-order valence-electron chi connectivity index (χ1n) is 15.3. The van der Waals surface area contributed by atoms with Gasteiger partial charge in [-0.25, -0.2) is 18.6 Å². The number of aromatic nitrogens is 3. The van der Waals surface area contributed by atoms with Crippen LogP contribution in [-0.2, 0) is 11.3 Å². The Balaban J connectivity index is 1.14. The van der Waals surface area contributed by atoms with Gasteiger partial charge in [0.1, 0.15) is 23.6 Å². The second-order valence-corrected chi connectivity index (χ2v) is 12.4. The number of likely N-dealkylation sites (tertiary alicyclic amines) is 1. The van der Waals surface area contributed by atoms with Crippen molar-refractivity contribution in [3.8, 4) is 0 Å². The van der Waals surface area contributed by atoms with Crippen LogP contribution in [0.25, 0.3) is 5.65 Å². The number of thioether (sulfide) groups is 1. The van der Waals surface area contributed by atoms with Crippen molar-refractivity contribution in [3.05, 3.63) is 83.3 Å². The molecule has 3 atom stereocenters. The van der Waals surface area contributed by atoms with Gasteiger partial charge in [-0.3, -0.25) is 4.90 Å². The fourth-order valence-corrected chi connectivity index (χ4v) is 6.80. The number of hydrogen-bond acceptors (Lipinski definition) is 8.